The van der Waals surface area contributed by atoms with E-state index in [4.69, 9.17) is 0 Å². The minimum atomic E-state index is 1.19. The maximum atomic E-state index is 3.06. The number of benzene rings is 1. The standard InChI is InChI=1S/C10H13S.BrH.Zn/c1-2-3-9-11-10-7-5-4-6-8-10;;/h5-8H,2-3,9H2,1H3;1H;/q-1;;+2/p-1. The monoisotopic (exact) mass is 308 g/mol. The summed E-state index contributed by atoms with van der Waals surface area (Å²) in [7, 11) is 0. The molecule has 13 heavy (non-hydrogen) atoms. The molecule has 1 aromatic carbocycles. The predicted molar refractivity (Wildman–Crippen MR) is 59.8 cm³/mol. The molecule has 1 rings (SSSR count). The molecule has 0 radical (unpaired) electrons. The zero-order chi connectivity index (χ0) is 9.94. The molecule has 1 aromatic rings. The van der Waals surface area contributed by atoms with Gasteiger partial charge in [-0.05, 0) is 12.2 Å². The van der Waals surface area contributed by atoms with Gasteiger partial charge in [-0.3, -0.25) is 0 Å². The van der Waals surface area contributed by atoms with Gasteiger partial charge in [0.15, 0.2) is 0 Å². The Morgan fingerprint density at radius 2 is 2.00 bits per heavy atom. The van der Waals surface area contributed by atoms with E-state index in [2.05, 4.69) is 38.7 Å². The molecule has 0 saturated carbocycles. The van der Waals surface area contributed by atoms with Gasteiger partial charge < -0.3 is 0 Å². The van der Waals surface area contributed by atoms with Gasteiger partial charge in [-0.2, -0.15) is 42.1 Å². The molecule has 0 aliphatic heterocycles. The summed E-state index contributed by atoms with van der Waals surface area (Å²) in [5.41, 5.74) is 0. The predicted octanol–water partition coefficient (Wildman–Crippen LogP) is 4.22. The van der Waals surface area contributed by atoms with Crippen LogP contribution in [0.3, 0.4) is 0 Å². The molecule has 68 valence electrons. The van der Waals surface area contributed by atoms with E-state index in [1.165, 1.54) is 39.8 Å². The minimum absolute atomic E-state index is 1.19. The van der Waals surface area contributed by atoms with Crippen LogP contribution in [0.25, 0.3) is 0 Å². The molecule has 0 spiro atoms. The zero-order valence-electron chi connectivity index (χ0n) is 7.92. The van der Waals surface area contributed by atoms with Crippen molar-refractivity contribution in [1.29, 1.82) is 0 Å². The molecule has 0 aliphatic rings. The SMILES string of the molecule is CCCCSc1cc[c-]cc1.[Zn+][Br]. The molecule has 3 heteroatoms. The molecule has 0 bridgehead atoms. The van der Waals surface area contributed by atoms with Crippen molar-refractivity contribution in [2.75, 3.05) is 5.75 Å². The van der Waals surface area contributed by atoms with Crippen LogP contribution in [0.2, 0.25) is 0 Å². The number of hydrogen-bond acceptors (Lipinski definition) is 1. The molecule has 0 aromatic heterocycles. The van der Waals surface area contributed by atoms with Crippen LogP contribution in [0, 0.1) is 6.07 Å². The summed E-state index contributed by atoms with van der Waals surface area (Å²) in [4.78, 5) is 1.36. The van der Waals surface area contributed by atoms with Gasteiger partial charge in [0.1, 0.15) is 0 Å². The van der Waals surface area contributed by atoms with Crippen molar-refractivity contribution in [3.8, 4) is 0 Å². The van der Waals surface area contributed by atoms with Crippen LogP contribution in [-0.4, -0.2) is 5.75 Å². The van der Waals surface area contributed by atoms with E-state index in [0.717, 1.165) is 0 Å². The first-order valence-corrected chi connectivity index (χ1v) is 12.2. The van der Waals surface area contributed by atoms with E-state index in [1.54, 1.807) is 0 Å². The van der Waals surface area contributed by atoms with Crippen LogP contribution in [-0.2, 0) is 16.3 Å². The Labute approximate surface area is 102 Å². The molecule has 0 nitrogen and oxygen atoms in total. The second-order valence-electron chi connectivity index (χ2n) is 2.44. The van der Waals surface area contributed by atoms with Crippen LogP contribution >= 0.6 is 25.4 Å². The van der Waals surface area contributed by atoms with Crippen LogP contribution < -0.4 is 0 Å². The van der Waals surface area contributed by atoms with Crippen LogP contribution in [0.15, 0.2) is 29.2 Å². The van der Waals surface area contributed by atoms with Crippen LogP contribution in [0.1, 0.15) is 19.8 Å². The summed E-state index contributed by atoms with van der Waals surface area (Å²) in [5.74, 6) is 1.24. The first-order chi connectivity index (χ1) is 6.43. The fourth-order valence-electron chi connectivity index (χ4n) is 0.802. The van der Waals surface area contributed by atoms with E-state index in [9.17, 15) is 0 Å². The third kappa shape index (κ3) is 7.72. The van der Waals surface area contributed by atoms with Gasteiger partial charge in [0.25, 0.3) is 0 Å². The van der Waals surface area contributed by atoms with E-state index in [1.807, 2.05) is 23.9 Å². The van der Waals surface area contributed by atoms with Crippen molar-refractivity contribution >= 4 is 25.4 Å². The Kier molecular flexibility index (Phi) is 11.3. The Morgan fingerprint density at radius 3 is 2.54 bits per heavy atom. The van der Waals surface area contributed by atoms with Gasteiger partial charge >= 0.3 is 30.0 Å². The van der Waals surface area contributed by atoms with Gasteiger partial charge in [0, 0.05) is 0 Å². The van der Waals surface area contributed by atoms with Crippen LogP contribution in [0.5, 0.6) is 0 Å². The van der Waals surface area contributed by atoms with E-state index in [0.29, 0.717) is 0 Å². The van der Waals surface area contributed by atoms with Gasteiger partial charge in [0.05, 0.1) is 0 Å². The molecule has 0 heterocycles. The topological polar surface area (TPSA) is 0 Å². The van der Waals surface area contributed by atoms with Crippen molar-refractivity contribution < 1.29 is 16.3 Å². The van der Waals surface area contributed by atoms with Crippen molar-refractivity contribution in [2.24, 2.45) is 0 Å². The van der Waals surface area contributed by atoms with Crippen molar-refractivity contribution in [3.05, 3.63) is 30.3 Å². The fourth-order valence-corrected chi connectivity index (χ4v) is 1.80. The number of hydrogen-bond donors (Lipinski definition) is 0. The number of halogens is 1. The molecular formula is C10H13BrSZn. The average Bonchev–Trinajstić information content (AvgIpc) is 2.23. The molecule has 0 N–H and O–H groups in total. The van der Waals surface area contributed by atoms with E-state index < -0.39 is 0 Å². The Morgan fingerprint density at radius 1 is 1.38 bits per heavy atom. The second-order valence-corrected chi connectivity index (χ2v) is 3.61. The van der Waals surface area contributed by atoms with Gasteiger partial charge in [0.2, 0.25) is 0 Å². The summed E-state index contributed by atoms with van der Waals surface area (Å²) in [6.45, 7) is 2.22. The van der Waals surface area contributed by atoms with Gasteiger partial charge in [-0.25, -0.2) is 0 Å². The zero-order valence-corrected chi connectivity index (χ0v) is 13.3. The number of thioether (sulfide) groups is 1. The van der Waals surface area contributed by atoms with E-state index in [-0.39, 0.29) is 0 Å². The third-order valence-electron chi connectivity index (χ3n) is 1.45. The molecular weight excluding hydrogens is 297 g/mol. The molecule has 0 aliphatic carbocycles. The van der Waals surface area contributed by atoms with Gasteiger partial charge in [-0.1, -0.05) is 13.3 Å². The summed E-state index contributed by atoms with van der Waals surface area (Å²) in [5, 5.41) is 0. The summed E-state index contributed by atoms with van der Waals surface area (Å²) >= 11 is 6.18. The quantitative estimate of drug-likeness (QED) is 0.347. The van der Waals surface area contributed by atoms with Crippen LogP contribution in [0.4, 0.5) is 0 Å². The van der Waals surface area contributed by atoms with Gasteiger partial charge in [-0.15, -0.1) is 4.90 Å². The molecule has 0 amide bonds. The molecule has 0 saturated heterocycles. The molecule has 0 fully saturated rings. The Balaban J connectivity index is 0.000000671. The second kappa shape index (κ2) is 10.8. The normalized spacial score (nSPS) is 8.92. The fraction of sp³-hybridized carbons (Fsp3) is 0.400. The average molecular weight is 311 g/mol. The summed E-state index contributed by atoms with van der Waals surface area (Å²) in [6, 6.07) is 11.2. The summed E-state index contributed by atoms with van der Waals surface area (Å²) < 4.78 is 0. The summed E-state index contributed by atoms with van der Waals surface area (Å²) in [6.07, 6.45) is 2.59. The number of unbranched alkanes of at least 4 members (excludes halogenated alkanes) is 1. The molecule has 0 unspecified atom stereocenters. The third-order valence-corrected chi connectivity index (χ3v) is 2.55. The Bertz CT molecular complexity index is 191. The Hall–Kier alpha value is 0.673. The maximum absolute atomic E-state index is 3.06. The molecule has 0 atom stereocenters. The van der Waals surface area contributed by atoms with E-state index >= 15 is 0 Å². The van der Waals surface area contributed by atoms with Crippen molar-refractivity contribution in [2.45, 2.75) is 24.7 Å². The first-order valence-electron chi connectivity index (χ1n) is 4.29. The van der Waals surface area contributed by atoms with Crippen molar-refractivity contribution in [3.63, 3.8) is 0 Å². The number of rotatable bonds is 4. The van der Waals surface area contributed by atoms with Crippen molar-refractivity contribution in [1.82, 2.24) is 0 Å². The first kappa shape index (κ1) is 13.7.